The Morgan fingerprint density at radius 1 is 1.47 bits per heavy atom. The molecule has 0 bridgehead atoms. The van der Waals surface area contributed by atoms with Crippen molar-refractivity contribution in [1.29, 1.82) is 0 Å². The number of aromatic nitrogens is 1. The average Bonchev–Trinajstić information content (AvgIpc) is 2.83. The van der Waals surface area contributed by atoms with Gasteiger partial charge in [-0.05, 0) is 6.92 Å². The summed E-state index contributed by atoms with van der Waals surface area (Å²) in [5, 5.41) is 8.36. The maximum atomic E-state index is 11.4. The molecule has 2 amide bonds. The van der Waals surface area contributed by atoms with Crippen LogP contribution >= 0.6 is 11.3 Å². The Morgan fingerprint density at radius 2 is 2.21 bits per heavy atom. The lowest BCUT2D eigenvalue weighted by atomic mass is 10.4. The van der Waals surface area contributed by atoms with Crippen LogP contribution in [0.25, 0.3) is 0 Å². The molecule has 0 aliphatic heterocycles. The van der Waals surface area contributed by atoms with E-state index in [1.165, 1.54) is 18.3 Å². The van der Waals surface area contributed by atoms with Crippen molar-refractivity contribution >= 4 is 28.3 Å². The van der Waals surface area contributed by atoms with Gasteiger partial charge in [-0.1, -0.05) is 0 Å². The highest BCUT2D eigenvalue weighted by Gasteiger charge is 2.13. The molecule has 0 aliphatic rings. The summed E-state index contributed by atoms with van der Waals surface area (Å²) >= 11 is 1.45. The normalized spacial score (nSPS) is 10.3. The molecule has 6 nitrogen and oxygen atoms in total. The Morgan fingerprint density at radius 3 is 2.79 bits per heavy atom. The van der Waals surface area contributed by atoms with Gasteiger partial charge in [-0.15, -0.1) is 11.3 Å². The van der Waals surface area contributed by atoms with E-state index < -0.39 is 0 Å². The van der Waals surface area contributed by atoms with Crippen LogP contribution in [0.4, 0.5) is 5.13 Å². The second-order valence-corrected chi connectivity index (χ2v) is 4.82. The van der Waals surface area contributed by atoms with E-state index >= 15 is 0 Å². The third-order valence-corrected chi connectivity index (χ3v) is 3.49. The van der Waals surface area contributed by atoms with Crippen molar-refractivity contribution in [1.82, 2.24) is 15.6 Å². The fraction of sp³-hybridized carbons (Fsp3) is 0.583. The highest BCUT2D eigenvalue weighted by molar-refractivity contribution is 7.14. The maximum Gasteiger partial charge on any atom is 0.225 e. The number of hydrogen-bond donors (Lipinski definition) is 2. The van der Waals surface area contributed by atoms with Gasteiger partial charge in [-0.2, -0.15) is 0 Å². The molecule has 19 heavy (non-hydrogen) atoms. The molecule has 1 rings (SSSR count). The molecular formula is C12H20N4O2S. The summed E-state index contributed by atoms with van der Waals surface area (Å²) in [6, 6.07) is 0. The van der Waals surface area contributed by atoms with Crippen molar-refractivity contribution in [3.05, 3.63) is 11.1 Å². The molecule has 1 aromatic rings. The third kappa shape index (κ3) is 4.96. The minimum atomic E-state index is -0.00373. The van der Waals surface area contributed by atoms with Crippen molar-refractivity contribution in [3.8, 4) is 0 Å². The van der Waals surface area contributed by atoms with E-state index in [0.717, 1.165) is 10.8 Å². The molecule has 106 valence electrons. The topological polar surface area (TPSA) is 74.3 Å². The molecule has 7 heteroatoms. The van der Waals surface area contributed by atoms with E-state index in [2.05, 4.69) is 15.6 Å². The maximum absolute atomic E-state index is 11.4. The zero-order valence-corrected chi connectivity index (χ0v) is 12.3. The van der Waals surface area contributed by atoms with Crippen LogP contribution in [0.5, 0.6) is 0 Å². The van der Waals surface area contributed by atoms with Crippen LogP contribution in [-0.4, -0.2) is 36.9 Å². The lowest BCUT2D eigenvalue weighted by molar-refractivity contribution is -0.120. The van der Waals surface area contributed by atoms with E-state index in [4.69, 9.17) is 0 Å². The van der Waals surface area contributed by atoms with Crippen LogP contribution in [0.1, 0.15) is 26.0 Å². The van der Waals surface area contributed by atoms with Crippen molar-refractivity contribution < 1.29 is 9.59 Å². The third-order valence-electron chi connectivity index (χ3n) is 2.58. The summed E-state index contributed by atoms with van der Waals surface area (Å²) < 4.78 is 0. The quantitative estimate of drug-likeness (QED) is 0.724. The molecule has 0 saturated heterocycles. The van der Waals surface area contributed by atoms with Gasteiger partial charge in [-0.25, -0.2) is 4.98 Å². The molecule has 0 spiro atoms. The lowest BCUT2D eigenvalue weighted by Crippen LogP contribution is -2.28. The molecule has 0 radical (unpaired) electrons. The molecule has 0 unspecified atom stereocenters. The number of anilines is 1. The summed E-state index contributed by atoms with van der Waals surface area (Å²) in [7, 11) is 1.62. The number of hydrogen-bond acceptors (Lipinski definition) is 5. The molecule has 0 saturated carbocycles. The highest BCUT2D eigenvalue weighted by Crippen LogP contribution is 2.20. The molecule has 1 heterocycles. The van der Waals surface area contributed by atoms with Crippen molar-refractivity contribution in [2.24, 2.45) is 0 Å². The molecular weight excluding hydrogens is 264 g/mol. The Kier molecular flexibility index (Phi) is 6.44. The smallest absolute Gasteiger partial charge is 0.225 e. The van der Waals surface area contributed by atoms with Gasteiger partial charge >= 0.3 is 0 Å². The predicted molar refractivity (Wildman–Crippen MR) is 76.2 cm³/mol. The van der Waals surface area contributed by atoms with Gasteiger partial charge in [-0.3, -0.25) is 14.5 Å². The first-order valence-corrected chi connectivity index (χ1v) is 7.10. The number of thiazole rings is 1. The van der Waals surface area contributed by atoms with Gasteiger partial charge in [0, 0.05) is 45.4 Å². The molecule has 1 aromatic heterocycles. The van der Waals surface area contributed by atoms with Gasteiger partial charge in [0.15, 0.2) is 5.13 Å². The number of amides is 2. The summed E-state index contributed by atoms with van der Waals surface area (Å²) in [6.45, 7) is 5.28. The summed E-state index contributed by atoms with van der Waals surface area (Å²) in [5.74, 6) is 0.0104. The van der Waals surface area contributed by atoms with Gasteiger partial charge in [0.05, 0.1) is 5.69 Å². The number of nitrogens with one attached hydrogen (secondary N) is 2. The summed E-state index contributed by atoms with van der Waals surface area (Å²) in [5.41, 5.74) is 0.886. The van der Waals surface area contributed by atoms with Crippen LogP contribution in [0.2, 0.25) is 0 Å². The fourth-order valence-corrected chi connectivity index (χ4v) is 2.47. The van der Waals surface area contributed by atoms with E-state index in [-0.39, 0.29) is 11.8 Å². The molecule has 0 atom stereocenters. The Labute approximate surface area is 117 Å². The zero-order valence-electron chi connectivity index (χ0n) is 11.5. The number of rotatable bonds is 7. The van der Waals surface area contributed by atoms with Crippen LogP contribution < -0.4 is 15.5 Å². The largest absolute Gasteiger partial charge is 0.359 e. The molecule has 0 aromatic carbocycles. The van der Waals surface area contributed by atoms with Gasteiger partial charge < -0.3 is 10.6 Å². The Hall–Kier alpha value is -1.47. The Bertz CT molecular complexity index is 433. The van der Waals surface area contributed by atoms with Gasteiger partial charge in [0.2, 0.25) is 11.8 Å². The van der Waals surface area contributed by atoms with Crippen LogP contribution in [-0.2, 0) is 16.1 Å². The van der Waals surface area contributed by atoms with E-state index in [9.17, 15) is 9.59 Å². The highest BCUT2D eigenvalue weighted by atomic mass is 32.1. The summed E-state index contributed by atoms with van der Waals surface area (Å²) in [4.78, 5) is 28.4. The van der Waals surface area contributed by atoms with Crippen molar-refractivity contribution in [2.75, 3.05) is 25.0 Å². The minimum Gasteiger partial charge on any atom is -0.359 e. The molecule has 2 N–H and O–H groups in total. The second kappa shape index (κ2) is 7.85. The van der Waals surface area contributed by atoms with Crippen molar-refractivity contribution in [2.45, 2.75) is 26.8 Å². The van der Waals surface area contributed by atoms with E-state index in [1.807, 2.05) is 12.3 Å². The zero-order chi connectivity index (χ0) is 14.3. The minimum absolute atomic E-state index is 0.00373. The molecule has 0 fully saturated rings. The van der Waals surface area contributed by atoms with Crippen LogP contribution in [0.3, 0.4) is 0 Å². The van der Waals surface area contributed by atoms with Crippen molar-refractivity contribution in [3.63, 3.8) is 0 Å². The first-order valence-electron chi connectivity index (χ1n) is 6.22. The van der Waals surface area contributed by atoms with Gasteiger partial charge in [0.25, 0.3) is 0 Å². The van der Waals surface area contributed by atoms with Gasteiger partial charge in [0.1, 0.15) is 0 Å². The van der Waals surface area contributed by atoms with Crippen LogP contribution in [0, 0.1) is 0 Å². The lowest BCUT2D eigenvalue weighted by Gasteiger charge is -2.14. The summed E-state index contributed by atoms with van der Waals surface area (Å²) in [6.07, 6.45) is 0.446. The second-order valence-electron chi connectivity index (χ2n) is 3.98. The number of carbonyl (C=O) groups is 2. The number of carbonyl (C=O) groups excluding carboxylic acids is 2. The predicted octanol–water partition coefficient (Wildman–Crippen LogP) is 0.742. The average molecular weight is 284 g/mol. The van der Waals surface area contributed by atoms with Crippen LogP contribution in [0.15, 0.2) is 5.38 Å². The first-order chi connectivity index (χ1) is 9.08. The van der Waals surface area contributed by atoms with E-state index in [0.29, 0.717) is 26.1 Å². The van der Waals surface area contributed by atoms with E-state index in [1.54, 1.807) is 11.9 Å². The first kappa shape index (κ1) is 15.6. The SMILES string of the molecule is CCN(C(C)=O)c1nc(CNCCC(=O)NC)cs1. The standard InChI is InChI=1S/C12H20N4O2S/c1-4-16(9(2)17)12-15-10(8-19-12)7-14-6-5-11(18)13-3/h8,14H,4-7H2,1-3H3,(H,13,18). The number of nitrogens with zero attached hydrogens (tertiary/aromatic N) is 2. The molecule has 0 aliphatic carbocycles. The monoisotopic (exact) mass is 284 g/mol. The fourth-order valence-electron chi connectivity index (χ4n) is 1.54. The Balaban J connectivity index is 2.42.